The van der Waals surface area contributed by atoms with Crippen LogP contribution in [-0.2, 0) is 6.42 Å². The van der Waals surface area contributed by atoms with E-state index in [1.165, 1.54) is 37.9 Å². The maximum absolute atomic E-state index is 4.55. The molecule has 1 aliphatic heterocycles. The Labute approximate surface area is 97.9 Å². The molecule has 16 heavy (non-hydrogen) atoms. The fourth-order valence-corrected chi connectivity index (χ4v) is 2.14. The molecule has 0 unspecified atom stereocenters. The lowest BCUT2D eigenvalue weighted by atomic mass is 10.1. The van der Waals surface area contributed by atoms with Crippen molar-refractivity contribution in [3.8, 4) is 0 Å². The molecule has 0 spiro atoms. The van der Waals surface area contributed by atoms with Gasteiger partial charge in [0.2, 0.25) is 0 Å². The highest BCUT2D eigenvalue weighted by Crippen LogP contribution is 2.17. The van der Waals surface area contributed by atoms with E-state index in [4.69, 9.17) is 0 Å². The van der Waals surface area contributed by atoms with E-state index in [0.29, 0.717) is 0 Å². The Hall–Kier alpha value is -1.09. The Kier molecular flexibility index (Phi) is 4.17. The molecule has 1 N–H and O–H groups in total. The molecule has 1 aromatic rings. The van der Waals surface area contributed by atoms with Crippen LogP contribution in [0, 0.1) is 0 Å². The predicted octanol–water partition coefficient (Wildman–Crippen LogP) is 1.83. The van der Waals surface area contributed by atoms with Crippen molar-refractivity contribution in [3.05, 3.63) is 23.9 Å². The van der Waals surface area contributed by atoms with Gasteiger partial charge >= 0.3 is 0 Å². The van der Waals surface area contributed by atoms with E-state index in [1.54, 1.807) is 0 Å². The van der Waals surface area contributed by atoms with Crippen molar-refractivity contribution >= 4 is 5.82 Å². The zero-order valence-electron chi connectivity index (χ0n) is 10.1. The van der Waals surface area contributed by atoms with Crippen molar-refractivity contribution in [3.63, 3.8) is 0 Å². The van der Waals surface area contributed by atoms with Gasteiger partial charge in [0.15, 0.2) is 0 Å². The summed E-state index contributed by atoms with van der Waals surface area (Å²) in [4.78, 5) is 6.95. The monoisotopic (exact) mass is 219 g/mol. The molecule has 88 valence electrons. The quantitative estimate of drug-likeness (QED) is 0.837. The van der Waals surface area contributed by atoms with Crippen molar-refractivity contribution in [2.75, 3.05) is 31.6 Å². The number of aromatic nitrogens is 1. The molecule has 0 aliphatic carbocycles. The Bertz CT molecular complexity index is 301. The Balaban J connectivity index is 1.95. The van der Waals surface area contributed by atoms with E-state index in [2.05, 4.69) is 27.3 Å². The molecule has 3 nitrogen and oxygen atoms in total. The van der Waals surface area contributed by atoms with E-state index in [-0.39, 0.29) is 0 Å². The molecule has 2 rings (SSSR count). The predicted molar refractivity (Wildman–Crippen MR) is 67.9 cm³/mol. The molecular formula is C13H21N3. The lowest BCUT2D eigenvalue weighted by Crippen LogP contribution is -2.30. The molecule has 0 aromatic carbocycles. The van der Waals surface area contributed by atoms with Crippen molar-refractivity contribution in [2.24, 2.45) is 0 Å². The van der Waals surface area contributed by atoms with Gasteiger partial charge in [-0.3, -0.25) is 0 Å². The first-order valence-corrected chi connectivity index (χ1v) is 6.24. The van der Waals surface area contributed by atoms with Gasteiger partial charge in [-0.15, -0.1) is 0 Å². The Morgan fingerprint density at radius 3 is 2.69 bits per heavy atom. The topological polar surface area (TPSA) is 28.2 Å². The van der Waals surface area contributed by atoms with Gasteiger partial charge < -0.3 is 10.2 Å². The molecule has 1 aliphatic rings. The minimum absolute atomic E-state index is 1.02. The minimum atomic E-state index is 1.02. The fourth-order valence-electron chi connectivity index (χ4n) is 2.14. The largest absolute Gasteiger partial charge is 0.357 e. The molecule has 0 saturated carbocycles. The first kappa shape index (κ1) is 11.4. The van der Waals surface area contributed by atoms with Crippen LogP contribution in [0.2, 0.25) is 0 Å². The molecule has 1 saturated heterocycles. The molecule has 0 radical (unpaired) electrons. The summed E-state index contributed by atoms with van der Waals surface area (Å²) < 4.78 is 0. The lowest BCUT2D eigenvalue weighted by Gasteiger charge is -2.27. The number of nitrogens with zero attached hydrogens (tertiary/aromatic N) is 2. The van der Waals surface area contributed by atoms with Gasteiger partial charge in [0.05, 0.1) is 0 Å². The number of anilines is 1. The van der Waals surface area contributed by atoms with Crippen LogP contribution in [0.4, 0.5) is 5.82 Å². The third-order valence-corrected chi connectivity index (χ3v) is 3.15. The fraction of sp³-hybridized carbons (Fsp3) is 0.615. The minimum Gasteiger partial charge on any atom is -0.357 e. The normalized spacial score (nSPS) is 16.4. The van der Waals surface area contributed by atoms with Crippen LogP contribution in [0.25, 0.3) is 0 Å². The van der Waals surface area contributed by atoms with Gasteiger partial charge in [-0.1, -0.05) is 6.07 Å². The third-order valence-electron chi connectivity index (χ3n) is 3.15. The highest BCUT2D eigenvalue weighted by atomic mass is 15.2. The molecule has 0 bridgehead atoms. The lowest BCUT2D eigenvalue weighted by molar-refractivity contribution is 0.573. The molecule has 0 amide bonds. The van der Waals surface area contributed by atoms with Crippen LogP contribution < -0.4 is 10.2 Å². The molecule has 0 atom stereocenters. The first-order valence-electron chi connectivity index (χ1n) is 6.24. The summed E-state index contributed by atoms with van der Waals surface area (Å²) >= 11 is 0. The van der Waals surface area contributed by atoms with Crippen molar-refractivity contribution < 1.29 is 0 Å². The number of nitrogens with one attached hydrogen (secondary N) is 1. The van der Waals surface area contributed by atoms with E-state index in [1.807, 2.05) is 13.2 Å². The van der Waals surface area contributed by atoms with Crippen LogP contribution in [0.3, 0.4) is 0 Å². The van der Waals surface area contributed by atoms with Crippen LogP contribution in [0.15, 0.2) is 18.3 Å². The maximum Gasteiger partial charge on any atom is 0.128 e. The molecule has 2 heterocycles. The van der Waals surface area contributed by atoms with E-state index < -0.39 is 0 Å². The number of rotatable bonds is 4. The summed E-state index contributed by atoms with van der Waals surface area (Å²) in [5, 5.41) is 3.16. The van der Waals surface area contributed by atoms with E-state index in [9.17, 15) is 0 Å². The average Bonchev–Trinajstić information content (AvgIpc) is 2.38. The van der Waals surface area contributed by atoms with Gasteiger partial charge in [-0.25, -0.2) is 4.98 Å². The summed E-state index contributed by atoms with van der Waals surface area (Å²) in [5.74, 6) is 1.15. The first-order chi connectivity index (χ1) is 7.90. The molecule has 1 fully saturated rings. The van der Waals surface area contributed by atoms with Crippen LogP contribution in [0.1, 0.15) is 24.8 Å². The summed E-state index contributed by atoms with van der Waals surface area (Å²) in [7, 11) is 1.98. The smallest absolute Gasteiger partial charge is 0.128 e. The van der Waals surface area contributed by atoms with Crippen LogP contribution in [-0.4, -0.2) is 31.7 Å². The summed E-state index contributed by atoms with van der Waals surface area (Å²) in [6.45, 7) is 3.36. The molecular weight excluding hydrogens is 198 g/mol. The number of pyridine rings is 1. The Morgan fingerprint density at radius 2 is 2.06 bits per heavy atom. The number of piperidine rings is 1. The molecule has 3 heteroatoms. The third kappa shape index (κ3) is 2.95. The average molecular weight is 219 g/mol. The van der Waals surface area contributed by atoms with Gasteiger partial charge in [0.25, 0.3) is 0 Å². The van der Waals surface area contributed by atoms with Crippen LogP contribution in [0.5, 0.6) is 0 Å². The van der Waals surface area contributed by atoms with Crippen LogP contribution >= 0.6 is 0 Å². The van der Waals surface area contributed by atoms with Gasteiger partial charge in [-0.2, -0.15) is 0 Å². The van der Waals surface area contributed by atoms with Crippen molar-refractivity contribution in [1.29, 1.82) is 0 Å². The number of hydrogen-bond donors (Lipinski definition) is 1. The summed E-state index contributed by atoms with van der Waals surface area (Å²) in [6, 6.07) is 4.37. The second-order valence-electron chi connectivity index (χ2n) is 4.43. The Morgan fingerprint density at radius 1 is 1.25 bits per heavy atom. The van der Waals surface area contributed by atoms with E-state index >= 15 is 0 Å². The standard InChI is InChI=1S/C13H21N3/c1-14-8-7-12-5-6-13(15-11-12)16-9-3-2-4-10-16/h5-6,11,14H,2-4,7-10H2,1H3. The highest BCUT2D eigenvalue weighted by Gasteiger charge is 2.11. The number of likely N-dealkylation sites (N-methyl/N-ethyl adjacent to an activating group) is 1. The zero-order chi connectivity index (χ0) is 11.2. The van der Waals surface area contributed by atoms with Crippen molar-refractivity contribution in [1.82, 2.24) is 10.3 Å². The SMILES string of the molecule is CNCCc1ccc(N2CCCCC2)nc1. The van der Waals surface area contributed by atoms with Gasteiger partial charge in [0.1, 0.15) is 5.82 Å². The second kappa shape index (κ2) is 5.85. The maximum atomic E-state index is 4.55. The van der Waals surface area contributed by atoms with Gasteiger partial charge in [0, 0.05) is 19.3 Å². The molecule has 1 aromatic heterocycles. The van der Waals surface area contributed by atoms with E-state index in [0.717, 1.165) is 18.8 Å². The number of hydrogen-bond acceptors (Lipinski definition) is 3. The highest BCUT2D eigenvalue weighted by molar-refractivity contribution is 5.39. The van der Waals surface area contributed by atoms with Gasteiger partial charge in [-0.05, 0) is 50.9 Å². The summed E-state index contributed by atoms with van der Waals surface area (Å²) in [5.41, 5.74) is 1.31. The zero-order valence-corrected chi connectivity index (χ0v) is 10.1. The summed E-state index contributed by atoms with van der Waals surface area (Å²) in [6.07, 6.45) is 7.06. The second-order valence-corrected chi connectivity index (χ2v) is 4.43. The van der Waals surface area contributed by atoms with Crippen molar-refractivity contribution in [2.45, 2.75) is 25.7 Å².